The Hall–Kier alpha value is -0.120. The molecule has 0 amide bonds. The maximum absolute atomic E-state index is 8.70. The van der Waals surface area contributed by atoms with E-state index < -0.39 is 0 Å². The average Bonchev–Trinajstić information content (AvgIpc) is 2.05. The highest BCUT2D eigenvalue weighted by Gasteiger charge is 2.03. The van der Waals surface area contributed by atoms with Gasteiger partial charge in [-0.3, -0.25) is 0 Å². The van der Waals surface area contributed by atoms with Crippen molar-refractivity contribution in [2.75, 3.05) is 19.8 Å². The Bertz CT molecular complexity index is 74.5. The monoisotopic (exact) mass is 161 g/mol. The summed E-state index contributed by atoms with van der Waals surface area (Å²) in [6.07, 6.45) is 4.12. The molecule has 3 nitrogen and oxygen atoms in total. The zero-order chi connectivity index (χ0) is 8.53. The van der Waals surface area contributed by atoms with E-state index in [0.29, 0.717) is 0 Å². The molecule has 3 heteroatoms. The third-order valence-corrected chi connectivity index (χ3v) is 1.83. The number of aliphatic hydroxyl groups excluding tert-OH is 2. The summed E-state index contributed by atoms with van der Waals surface area (Å²) in [6.45, 7) is 0.932. The van der Waals surface area contributed by atoms with Crippen molar-refractivity contribution < 1.29 is 10.2 Å². The Balaban J connectivity index is 3.07. The van der Waals surface area contributed by atoms with Crippen LogP contribution in [-0.4, -0.2) is 30.0 Å². The summed E-state index contributed by atoms with van der Waals surface area (Å²) in [6, 6.07) is 0. The van der Waals surface area contributed by atoms with Gasteiger partial charge in [0, 0.05) is 19.1 Å². The van der Waals surface area contributed by atoms with Gasteiger partial charge in [-0.2, -0.15) is 0 Å². The first-order chi connectivity index (χ1) is 5.35. The first kappa shape index (κ1) is 10.9. The predicted molar refractivity (Wildman–Crippen MR) is 45.2 cm³/mol. The highest BCUT2D eigenvalue weighted by Crippen LogP contribution is 2.07. The molecular formula is C8H19NO2. The molecule has 0 bridgehead atoms. The van der Waals surface area contributed by atoms with Crippen LogP contribution in [0, 0.1) is 5.92 Å². The number of unbranched alkanes of at least 4 members (excludes halogenated alkanes) is 2. The van der Waals surface area contributed by atoms with Gasteiger partial charge in [-0.1, -0.05) is 12.8 Å². The standard InChI is InChI=1S/C8H19NO2/c9-5-3-1-2-4-8(6-10)7-11/h8,10-11H,1-7,9H2. The third kappa shape index (κ3) is 6.28. The van der Waals surface area contributed by atoms with Crippen LogP contribution in [0.2, 0.25) is 0 Å². The Morgan fingerprint density at radius 3 is 2.09 bits per heavy atom. The second-order valence-corrected chi connectivity index (χ2v) is 2.87. The lowest BCUT2D eigenvalue weighted by Gasteiger charge is -2.09. The molecule has 0 fully saturated rings. The van der Waals surface area contributed by atoms with Crippen molar-refractivity contribution in [3.05, 3.63) is 0 Å². The summed E-state index contributed by atoms with van der Waals surface area (Å²) in [4.78, 5) is 0. The summed E-state index contributed by atoms with van der Waals surface area (Å²) in [5, 5.41) is 17.4. The van der Waals surface area contributed by atoms with Crippen LogP contribution < -0.4 is 5.73 Å². The van der Waals surface area contributed by atoms with E-state index in [1.54, 1.807) is 0 Å². The summed E-state index contributed by atoms with van der Waals surface area (Å²) in [5.74, 6) is 0.0766. The third-order valence-electron chi connectivity index (χ3n) is 1.83. The highest BCUT2D eigenvalue weighted by atomic mass is 16.3. The molecule has 0 aromatic carbocycles. The van der Waals surface area contributed by atoms with E-state index in [9.17, 15) is 0 Å². The number of aliphatic hydroxyl groups is 2. The van der Waals surface area contributed by atoms with E-state index in [-0.39, 0.29) is 19.1 Å². The highest BCUT2D eigenvalue weighted by molar-refractivity contribution is 4.55. The largest absolute Gasteiger partial charge is 0.396 e. The quantitative estimate of drug-likeness (QED) is 0.464. The Morgan fingerprint density at radius 2 is 1.64 bits per heavy atom. The minimum Gasteiger partial charge on any atom is -0.396 e. The SMILES string of the molecule is NCCCCCC(CO)CO. The normalized spacial score (nSPS) is 10.9. The molecule has 0 spiro atoms. The van der Waals surface area contributed by atoms with Crippen LogP contribution in [0.4, 0.5) is 0 Å². The van der Waals surface area contributed by atoms with Gasteiger partial charge in [0.05, 0.1) is 0 Å². The average molecular weight is 161 g/mol. The summed E-state index contributed by atoms with van der Waals surface area (Å²) in [7, 11) is 0. The van der Waals surface area contributed by atoms with Crippen LogP contribution in [-0.2, 0) is 0 Å². The second-order valence-electron chi connectivity index (χ2n) is 2.87. The van der Waals surface area contributed by atoms with Crippen molar-refractivity contribution in [3.8, 4) is 0 Å². The molecule has 0 heterocycles. The van der Waals surface area contributed by atoms with Gasteiger partial charge in [0.1, 0.15) is 0 Å². The molecule has 4 N–H and O–H groups in total. The molecule has 0 unspecified atom stereocenters. The summed E-state index contributed by atoms with van der Waals surface area (Å²) < 4.78 is 0. The van der Waals surface area contributed by atoms with E-state index in [2.05, 4.69) is 0 Å². The summed E-state index contributed by atoms with van der Waals surface area (Å²) in [5.41, 5.74) is 5.31. The van der Waals surface area contributed by atoms with Crippen LogP contribution in [0.5, 0.6) is 0 Å². The van der Waals surface area contributed by atoms with E-state index in [0.717, 1.165) is 32.2 Å². The molecular weight excluding hydrogens is 142 g/mol. The van der Waals surface area contributed by atoms with Gasteiger partial charge in [-0.15, -0.1) is 0 Å². The molecule has 0 aliphatic rings. The molecule has 0 aromatic rings. The van der Waals surface area contributed by atoms with Gasteiger partial charge in [0.25, 0.3) is 0 Å². The van der Waals surface area contributed by atoms with Gasteiger partial charge in [0.15, 0.2) is 0 Å². The Morgan fingerprint density at radius 1 is 1.00 bits per heavy atom. The van der Waals surface area contributed by atoms with E-state index in [1.807, 2.05) is 0 Å². The molecule has 0 radical (unpaired) electrons. The van der Waals surface area contributed by atoms with Crippen molar-refractivity contribution in [1.82, 2.24) is 0 Å². The minimum atomic E-state index is 0.0766. The number of nitrogens with two attached hydrogens (primary N) is 1. The smallest absolute Gasteiger partial charge is 0.0481 e. The molecule has 0 atom stereocenters. The van der Waals surface area contributed by atoms with Crippen molar-refractivity contribution >= 4 is 0 Å². The van der Waals surface area contributed by atoms with E-state index >= 15 is 0 Å². The summed E-state index contributed by atoms with van der Waals surface area (Å²) >= 11 is 0. The van der Waals surface area contributed by atoms with Gasteiger partial charge in [-0.05, 0) is 19.4 Å². The van der Waals surface area contributed by atoms with E-state index in [1.165, 1.54) is 0 Å². The number of rotatable bonds is 7. The predicted octanol–water partition coefficient (Wildman–Crippen LogP) is 0.106. The molecule has 0 aliphatic heterocycles. The maximum Gasteiger partial charge on any atom is 0.0481 e. The van der Waals surface area contributed by atoms with Crippen LogP contribution in [0.3, 0.4) is 0 Å². The second kappa shape index (κ2) is 7.98. The lowest BCUT2D eigenvalue weighted by atomic mass is 10.0. The molecule has 11 heavy (non-hydrogen) atoms. The number of hydrogen-bond donors (Lipinski definition) is 3. The van der Waals surface area contributed by atoms with Crippen molar-refractivity contribution in [2.45, 2.75) is 25.7 Å². The maximum atomic E-state index is 8.70. The lowest BCUT2D eigenvalue weighted by molar-refractivity contribution is 0.141. The molecule has 0 rings (SSSR count). The molecule has 0 aromatic heterocycles. The Kier molecular flexibility index (Phi) is 7.89. The van der Waals surface area contributed by atoms with Gasteiger partial charge >= 0.3 is 0 Å². The fourth-order valence-electron chi connectivity index (χ4n) is 0.994. The van der Waals surface area contributed by atoms with Crippen LogP contribution in [0.1, 0.15) is 25.7 Å². The van der Waals surface area contributed by atoms with Crippen LogP contribution >= 0.6 is 0 Å². The molecule has 0 aliphatic carbocycles. The van der Waals surface area contributed by atoms with Gasteiger partial charge < -0.3 is 15.9 Å². The van der Waals surface area contributed by atoms with Gasteiger partial charge in [0.2, 0.25) is 0 Å². The lowest BCUT2D eigenvalue weighted by Crippen LogP contribution is -2.10. The fourth-order valence-corrected chi connectivity index (χ4v) is 0.994. The first-order valence-corrected chi connectivity index (χ1v) is 4.27. The van der Waals surface area contributed by atoms with Gasteiger partial charge in [-0.25, -0.2) is 0 Å². The van der Waals surface area contributed by atoms with E-state index in [4.69, 9.17) is 15.9 Å². The molecule has 0 saturated carbocycles. The van der Waals surface area contributed by atoms with Crippen LogP contribution in [0.15, 0.2) is 0 Å². The minimum absolute atomic E-state index is 0.0766. The fraction of sp³-hybridized carbons (Fsp3) is 1.00. The van der Waals surface area contributed by atoms with Crippen molar-refractivity contribution in [2.24, 2.45) is 11.7 Å². The first-order valence-electron chi connectivity index (χ1n) is 4.27. The van der Waals surface area contributed by atoms with Crippen LogP contribution in [0.25, 0.3) is 0 Å². The molecule has 68 valence electrons. The van der Waals surface area contributed by atoms with Crippen molar-refractivity contribution in [3.63, 3.8) is 0 Å². The zero-order valence-corrected chi connectivity index (χ0v) is 7.00. The van der Waals surface area contributed by atoms with Crippen molar-refractivity contribution in [1.29, 1.82) is 0 Å². The number of hydrogen-bond acceptors (Lipinski definition) is 3. The zero-order valence-electron chi connectivity index (χ0n) is 7.00. The molecule has 0 saturated heterocycles. The Labute approximate surface area is 68.2 Å². The topological polar surface area (TPSA) is 66.5 Å².